The third kappa shape index (κ3) is 4.42. The van der Waals surface area contributed by atoms with E-state index in [4.69, 9.17) is 0 Å². The van der Waals surface area contributed by atoms with Crippen LogP contribution in [0.5, 0.6) is 0 Å². The van der Waals surface area contributed by atoms with Crippen LogP contribution in [-0.4, -0.2) is 63.3 Å². The second-order valence-corrected chi connectivity index (χ2v) is 10.4. The van der Waals surface area contributed by atoms with E-state index in [1.807, 2.05) is 13.8 Å². The first-order chi connectivity index (χ1) is 12.4. The van der Waals surface area contributed by atoms with Crippen molar-refractivity contribution in [2.45, 2.75) is 76.2 Å². The largest absolute Gasteiger partial charge is 0.335 e. The molecule has 0 radical (unpaired) electrons. The molecular weight excluding hydrogens is 372 g/mol. The average Bonchev–Trinajstić information content (AvgIpc) is 3.06. The fourth-order valence-electron chi connectivity index (χ4n) is 3.77. The van der Waals surface area contributed by atoms with E-state index in [1.54, 1.807) is 4.90 Å². The molecule has 26 heavy (non-hydrogen) atoms. The standard InChI is InChI=1S/C17H28N4O3S2/c1-3-13(2)21(14-8-10-26(23,24)12-14)16(22)11-25-17-19-18-15-7-5-4-6-9-20(15)17/h13-14H,3-12H2,1-2H3/t13-,14-/m1/s1. The third-order valence-corrected chi connectivity index (χ3v) is 8.06. The third-order valence-electron chi connectivity index (χ3n) is 5.36. The van der Waals surface area contributed by atoms with Crippen molar-refractivity contribution in [2.75, 3.05) is 17.3 Å². The molecule has 3 heterocycles. The van der Waals surface area contributed by atoms with Gasteiger partial charge < -0.3 is 9.47 Å². The van der Waals surface area contributed by atoms with Gasteiger partial charge in [-0.2, -0.15) is 0 Å². The molecule has 0 aliphatic carbocycles. The second-order valence-electron chi connectivity index (χ2n) is 7.26. The number of hydrogen-bond donors (Lipinski definition) is 0. The van der Waals surface area contributed by atoms with Crippen LogP contribution in [0.2, 0.25) is 0 Å². The van der Waals surface area contributed by atoms with Crippen LogP contribution >= 0.6 is 11.8 Å². The number of aromatic nitrogens is 3. The van der Waals surface area contributed by atoms with Crippen LogP contribution in [0.4, 0.5) is 0 Å². The molecule has 0 aromatic carbocycles. The molecule has 0 bridgehead atoms. The van der Waals surface area contributed by atoms with E-state index in [9.17, 15) is 13.2 Å². The number of amides is 1. The van der Waals surface area contributed by atoms with E-state index in [0.29, 0.717) is 6.42 Å². The Kier molecular flexibility index (Phi) is 6.27. The summed E-state index contributed by atoms with van der Waals surface area (Å²) in [6.45, 7) is 4.94. The van der Waals surface area contributed by atoms with Gasteiger partial charge in [0, 0.05) is 25.0 Å². The number of hydrogen-bond acceptors (Lipinski definition) is 6. The van der Waals surface area contributed by atoms with Gasteiger partial charge in [-0.05, 0) is 32.6 Å². The normalized spacial score (nSPS) is 23.2. The minimum atomic E-state index is -3.02. The Balaban J connectivity index is 1.68. The molecule has 0 N–H and O–H groups in total. The van der Waals surface area contributed by atoms with Gasteiger partial charge in [0.25, 0.3) is 0 Å². The molecule has 7 nitrogen and oxygen atoms in total. The zero-order chi connectivity index (χ0) is 18.7. The number of carbonyl (C=O) groups is 1. The highest BCUT2D eigenvalue weighted by molar-refractivity contribution is 7.99. The van der Waals surface area contributed by atoms with E-state index >= 15 is 0 Å². The Hall–Kier alpha value is -1.09. The first-order valence-corrected chi connectivity index (χ1v) is 12.3. The fraction of sp³-hybridized carbons (Fsp3) is 0.824. The van der Waals surface area contributed by atoms with Crippen LogP contribution in [-0.2, 0) is 27.6 Å². The van der Waals surface area contributed by atoms with Gasteiger partial charge in [0.05, 0.1) is 17.3 Å². The highest BCUT2D eigenvalue weighted by atomic mass is 32.2. The average molecular weight is 401 g/mol. The summed E-state index contributed by atoms with van der Waals surface area (Å²) in [6, 6.07) is -0.157. The highest BCUT2D eigenvalue weighted by Crippen LogP contribution is 2.25. The minimum Gasteiger partial charge on any atom is -0.335 e. The second kappa shape index (κ2) is 8.29. The molecule has 1 amide bonds. The molecule has 1 aromatic heterocycles. The van der Waals surface area contributed by atoms with Crippen LogP contribution < -0.4 is 0 Å². The Morgan fingerprint density at radius 1 is 1.35 bits per heavy atom. The lowest BCUT2D eigenvalue weighted by Gasteiger charge is -2.33. The van der Waals surface area contributed by atoms with Gasteiger partial charge in [-0.15, -0.1) is 10.2 Å². The molecule has 0 unspecified atom stereocenters. The Morgan fingerprint density at radius 3 is 2.85 bits per heavy atom. The zero-order valence-corrected chi connectivity index (χ0v) is 17.2. The number of nitrogens with zero attached hydrogens (tertiary/aromatic N) is 4. The molecule has 2 aliphatic heterocycles. The molecule has 2 atom stereocenters. The zero-order valence-electron chi connectivity index (χ0n) is 15.6. The molecule has 0 saturated carbocycles. The van der Waals surface area contributed by atoms with Crippen molar-refractivity contribution in [3.8, 4) is 0 Å². The molecule has 9 heteroatoms. The summed E-state index contributed by atoms with van der Waals surface area (Å²) in [7, 11) is -3.02. The fourth-order valence-corrected chi connectivity index (χ4v) is 6.33. The van der Waals surface area contributed by atoms with Crippen LogP contribution in [0.1, 0.15) is 51.8 Å². The molecule has 1 fully saturated rings. The SMILES string of the molecule is CC[C@@H](C)N(C(=O)CSc1nnc2n1CCCCC2)[C@@H]1CCS(=O)(=O)C1. The monoisotopic (exact) mass is 400 g/mol. The number of rotatable bonds is 6. The number of carbonyl (C=O) groups excluding carboxylic acids is 1. The van der Waals surface area contributed by atoms with Crippen LogP contribution in [0.15, 0.2) is 5.16 Å². The first-order valence-electron chi connectivity index (χ1n) is 9.47. The van der Waals surface area contributed by atoms with E-state index in [0.717, 1.165) is 43.2 Å². The smallest absolute Gasteiger partial charge is 0.233 e. The van der Waals surface area contributed by atoms with E-state index in [-0.39, 0.29) is 35.2 Å². The number of thioether (sulfide) groups is 1. The molecule has 1 saturated heterocycles. The van der Waals surface area contributed by atoms with Crippen LogP contribution in [0.3, 0.4) is 0 Å². The summed E-state index contributed by atoms with van der Waals surface area (Å²) < 4.78 is 25.8. The van der Waals surface area contributed by atoms with E-state index in [1.165, 1.54) is 18.2 Å². The van der Waals surface area contributed by atoms with Gasteiger partial charge in [-0.3, -0.25) is 4.79 Å². The minimum absolute atomic E-state index is 0.00239. The van der Waals surface area contributed by atoms with Crippen molar-refractivity contribution in [2.24, 2.45) is 0 Å². The van der Waals surface area contributed by atoms with E-state index < -0.39 is 9.84 Å². The molecule has 146 valence electrons. The van der Waals surface area contributed by atoms with Crippen molar-refractivity contribution >= 4 is 27.5 Å². The van der Waals surface area contributed by atoms with Crippen molar-refractivity contribution < 1.29 is 13.2 Å². The van der Waals surface area contributed by atoms with Gasteiger partial charge >= 0.3 is 0 Å². The lowest BCUT2D eigenvalue weighted by atomic mass is 10.1. The predicted octanol–water partition coefficient (Wildman–Crippen LogP) is 1.91. The summed E-state index contributed by atoms with van der Waals surface area (Å²) in [4.78, 5) is 14.7. The van der Waals surface area contributed by atoms with Gasteiger partial charge in [-0.25, -0.2) is 8.42 Å². The molecule has 1 aromatic rings. The Morgan fingerprint density at radius 2 is 2.15 bits per heavy atom. The van der Waals surface area contributed by atoms with Crippen LogP contribution in [0, 0.1) is 0 Å². The van der Waals surface area contributed by atoms with Gasteiger partial charge in [0.2, 0.25) is 5.91 Å². The molecule has 2 aliphatic rings. The lowest BCUT2D eigenvalue weighted by Crippen LogP contribution is -2.47. The summed E-state index contributed by atoms with van der Waals surface area (Å²) in [6.07, 6.45) is 5.76. The van der Waals surface area contributed by atoms with Crippen molar-refractivity contribution in [3.05, 3.63) is 5.82 Å². The van der Waals surface area contributed by atoms with Gasteiger partial charge in [-0.1, -0.05) is 25.1 Å². The number of sulfone groups is 1. The maximum Gasteiger partial charge on any atom is 0.233 e. The number of aryl methyl sites for hydroxylation is 1. The Bertz CT molecular complexity index is 747. The predicted molar refractivity (Wildman–Crippen MR) is 102 cm³/mol. The van der Waals surface area contributed by atoms with Crippen molar-refractivity contribution in [1.29, 1.82) is 0 Å². The quantitative estimate of drug-likeness (QED) is 0.678. The van der Waals surface area contributed by atoms with Gasteiger partial charge in [0.1, 0.15) is 5.82 Å². The number of fused-ring (bicyclic) bond motifs is 1. The lowest BCUT2D eigenvalue weighted by molar-refractivity contribution is -0.132. The maximum atomic E-state index is 12.9. The molecular formula is C17H28N4O3S2. The maximum absolute atomic E-state index is 12.9. The summed E-state index contributed by atoms with van der Waals surface area (Å²) in [5.41, 5.74) is 0. The van der Waals surface area contributed by atoms with Crippen molar-refractivity contribution in [1.82, 2.24) is 19.7 Å². The van der Waals surface area contributed by atoms with Crippen LogP contribution in [0.25, 0.3) is 0 Å². The van der Waals surface area contributed by atoms with Crippen molar-refractivity contribution in [3.63, 3.8) is 0 Å². The topological polar surface area (TPSA) is 85.2 Å². The first kappa shape index (κ1) is 19.7. The summed E-state index contributed by atoms with van der Waals surface area (Å²) in [5, 5.41) is 9.34. The summed E-state index contributed by atoms with van der Waals surface area (Å²) in [5.74, 6) is 1.56. The van der Waals surface area contributed by atoms with E-state index in [2.05, 4.69) is 14.8 Å². The molecule has 0 spiro atoms. The summed E-state index contributed by atoms with van der Waals surface area (Å²) >= 11 is 1.42. The Labute approximate surface area is 159 Å². The van der Waals surface area contributed by atoms with Gasteiger partial charge in [0.15, 0.2) is 15.0 Å². The highest BCUT2D eigenvalue weighted by Gasteiger charge is 2.36. The molecule has 3 rings (SSSR count).